The second kappa shape index (κ2) is 5.57. The van der Waals surface area contributed by atoms with Gasteiger partial charge in [-0.2, -0.15) is 0 Å². The molecule has 1 aromatic rings. The van der Waals surface area contributed by atoms with E-state index >= 15 is 0 Å². The average Bonchev–Trinajstić information content (AvgIpc) is 3.04. The number of nitrogens with zero attached hydrogens (tertiary/aromatic N) is 2. The Balaban J connectivity index is 1.89. The van der Waals surface area contributed by atoms with Crippen molar-refractivity contribution in [2.24, 2.45) is 5.73 Å². The van der Waals surface area contributed by atoms with Crippen LogP contribution in [0.2, 0.25) is 0 Å². The summed E-state index contributed by atoms with van der Waals surface area (Å²) in [6.07, 6.45) is -0.532. The molecule has 0 aliphatic carbocycles. The van der Waals surface area contributed by atoms with Gasteiger partial charge >= 0.3 is 6.09 Å². The predicted molar refractivity (Wildman–Crippen MR) is 79.7 cm³/mol. The molecule has 0 saturated carbocycles. The van der Waals surface area contributed by atoms with Crippen molar-refractivity contribution in [1.82, 2.24) is 0 Å². The molecule has 3 rings (SSSR count). The number of carbonyl (C=O) groups is 2. The predicted octanol–water partition coefficient (Wildman–Crippen LogP) is 1.22. The molecule has 1 saturated heterocycles. The number of halogens is 1. The Labute approximate surface area is 127 Å². The van der Waals surface area contributed by atoms with Crippen LogP contribution in [-0.4, -0.2) is 43.9 Å². The Hall–Kier alpha value is -2.15. The first-order valence-corrected chi connectivity index (χ1v) is 7.24. The highest BCUT2D eigenvalue weighted by Gasteiger charge is 2.34. The minimum atomic E-state index is -0.594. The standard InChI is InChI=1S/C15H18FN3O3/c1-9(6-16)19-13-3-2-11(4-10(13)5-14(19)20)18-8-12(7-17)22-15(18)21/h2-4,9,12H,5-8,17H2,1H3. The quantitative estimate of drug-likeness (QED) is 0.907. The van der Waals surface area contributed by atoms with Crippen molar-refractivity contribution in [3.05, 3.63) is 23.8 Å². The number of benzene rings is 1. The molecule has 2 aliphatic rings. The molecule has 6 nitrogen and oxygen atoms in total. The highest BCUT2D eigenvalue weighted by Crippen LogP contribution is 2.34. The number of amides is 2. The van der Waals surface area contributed by atoms with Crippen LogP contribution in [0.5, 0.6) is 0 Å². The minimum Gasteiger partial charge on any atom is -0.443 e. The maximum atomic E-state index is 12.9. The molecule has 2 unspecified atom stereocenters. The van der Waals surface area contributed by atoms with E-state index < -0.39 is 18.8 Å². The number of anilines is 2. The fourth-order valence-electron chi connectivity index (χ4n) is 2.91. The molecule has 1 aromatic carbocycles. The summed E-state index contributed by atoms with van der Waals surface area (Å²) in [4.78, 5) is 26.9. The van der Waals surface area contributed by atoms with E-state index in [1.54, 1.807) is 25.1 Å². The molecular formula is C15H18FN3O3. The van der Waals surface area contributed by atoms with Crippen molar-refractivity contribution in [2.45, 2.75) is 25.5 Å². The van der Waals surface area contributed by atoms with Crippen LogP contribution in [0.15, 0.2) is 18.2 Å². The molecule has 0 bridgehead atoms. The van der Waals surface area contributed by atoms with Gasteiger partial charge in [-0.1, -0.05) is 0 Å². The fourth-order valence-corrected chi connectivity index (χ4v) is 2.91. The Kier molecular flexibility index (Phi) is 3.74. The van der Waals surface area contributed by atoms with E-state index in [-0.39, 0.29) is 25.0 Å². The molecule has 2 amide bonds. The molecule has 7 heteroatoms. The van der Waals surface area contributed by atoms with Crippen molar-refractivity contribution >= 4 is 23.4 Å². The molecule has 2 aliphatic heterocycles. The summed E-state index contributed by atoms with van der Waals surface area (Å²) in [5.74, 6) is -0.124. The number of rotatable bonds is 4. The molecule has 2 heterocycles. The van der Waals surface area contributed by atoms with Gasteiger partial charge in [0, 0.05) is 17.9 Å². The number of fused-ring (bicyclic) bond motifs is 1. The van der Waals surface area contributed by atoms with E-state index in [0.717, 1.165) is 5.56 Å². The second-order valence-electron chi connectivity index (χ2n) is 5.61. The SMILES string of the molecule is CC(CF)N1C(=O)Cc2cc(N3CC(CN)OC3=O)ccc21. The van der Waals surface area contributed by atoms with Crippen molar-refractivity contribution in [3.63, 3.8) is 0 Å². The van der Waals surface area contributed by atoms with Crippen molar-refractivity contribution in [2.75, 3.05) is 29.6 Å². The summed E-state index contributed by atoms with van der Waals surface area (Å²) >= 11 is 0. The van der Waals surface area contributed by atoms with Gasteiger partial charge in [-0.3, -0.25) is 9.69 Å². The molecule has 1 fully saturated rings. The van der Waals surface area contributed by atoms with Crippen LogP contribution in [0, 0.1) is 0 Å². The Morgan fingerprint density at radius 2 is 2.23 bits per heavy atom. The van der Waals surface area contributed by atoms with Crippen molar-refractivity contribution < 1.29 is 18.7 Å². The molecule has 22 heavy (non-hydrogen) atoms. The average molecular weight is 307 g/mol. The van der Waals surface area contributed by atoms with Gasteiger partial charge in [-0.15, -0.1) is 0 Å². The van der Waals surface area contributed by atoms with Crippen LogP contribution in [0.25, 0.3) is 0 Å². The summed E-state index contributed by atoms with van der Waals surface area (Å²) in [5.41, 5.74) is 7.70. The number of hydrogen-bond acceptors (Lipinski definition) is 4. The largest absolute Gasteiger partial charge is 0.443 e. The Morgan fingerprint density at radius 3 is 2.86 bits per heavy atom. The van der Waals surface area contributed by atoms with Crippen LogP contribution >= 0.6 is 0 Å². The van der Waals surface area contributed by atoms with Gasteiger partial charge in [-0.25, -0.2) is 9.18 Å². The maximum Gasteiger partial charge on any atom is 0.414 e. The number of hydrogen-bond donors (Lipinski definition) is 1. The zero-order valence-electron chi connectivity index (χ0n) is 12.3. The molecule has 0 radical (unpaired) electrons. The summed E-state index contributed by atoms with van der Waals surface area (Å²) in [7, 11) is 0. The highest BCUT2D eigenvalue weighted by molar-refractivity contribution is 6.03. The lowest BCUT2D eigenvalue weighted by Crippen LogP contribution is -2.37. The zero-order valence-corrected chi connectivity index (χ0v) is 12.3. The normalized spacial score (nSPS) is 22.0. The van der Waals surface area contributed by atoms with Crippen LogP contribution < -0.4 is 15.5 Å². The smallest absolute Gasteiger partial charge is 0.414 e. The van der Waals surface area contributed by atoms with E-state index in [0.29, 0.717) is 17.9 Å². The molecular weight excluding hydrogens is 289 g/mol. The van der Waals surface area contributed by atoms with Gasteiger partial charge in [0.2, 0.25) is 5.91 Å². The third-order valence-electron chi connectivity index (χ3n) is 4.05. The number of nitrogens with two attached hydrogens (primary N) is 1. The zero-order chi connectivity index (χ0) is 15.9. The lowest BCUT2D eigenvalue weighted by Gasteiger charge is -2.23. The van der Waals surface area contributed by atoms with Crippen LogP contribution in [0.4, 0.5) is 20.6 Å². The van der Waals surface area contributed by atoms with Gasteiger partial charge in [-0.05, 0) is 30.7 Å². The lowest BCUT2D eigenvalue weighted by atomic mass is 10.1. The second-order valence-corrected chi connectivity index (χ2v) is 5.61. The summed E-state index contributed by atoms with van der Waals surface area (Å²) in [5, 5.41) is 0. The van der Waals surface area contributed by atoms with Crippen LogP contribution in [0.1, 0.15) is 12.5 Å². The third kappa shape index (κ3) is 2.31. The molecule has 0 spiro atoms. The first kappa shape index (κ1) is 14.8. The van der Waals surface area contributed by atoms with Gasteiger partial charge in [0.15, 0.2) is 0 Å². The van der Waals surface area contributed by atoms with E-state index in [2.05, 4.69) is 0 Å². The van der Waals surface area contributed by atoms with Gasteiger partial charge in [0.1, 0.15) is 12.8 Å². The van der Waals surface area contributed by atoms with Crippen molar-refractivity contribution in [1.29, 1.82) is 0 Å². The Morgan fingerprint density at radius 1 is 1.45 bits per heavy atom. The third-order valence-corrected chi connectivity index (χ3v) is 4.05. The molecule has 2 N–H and O–H groups in total. The first-order valence-electron chi connectivity index (χ1n) is 7.24. The van der Waals surface area contributed by atoms with Gasteiger partial charge in [0.25, 0.3) is 0 Å². The highest BCUT2D eigenvalue weighted by atomic mass is 19.1. The summed E-state index contributed by atoms with van der Waals surface area (Å²) in [6.45, 7) is 1.74. The molecule has 2 atom stereocenters. The first-order chi connectivity index (χ1) is 10.5. The monoisotopic (exact) mass is 307 g/mol. The van der Waals surface area contributed by atoms with E-state index in [1.165, 1.54) is 9.80 Å². The van der Waals surface area contributed by atoms with Crippen LogP contribution in [-0.2, 0) is 16.0 Å². The van der Waals surface area contributed by atoms with E-state index in [9.17, 15) is 14.0 Å². The van der Waals surface area contributed by atoms with Crippen LogP contribution in [0.3, 0.4) is 0 Å². The van der Waals surface area contributed by atoms with Crippen molar-refractivity contribution in [3.8, 4) is 0 Å². The number of cyclic esters (lactones) is 1. The lowest BCUT2D eigenvalue weighted by molar-refractivity contribution is -0.117. The van der Waals surface area contributed by atoms with E-state index in [4.69, 9.17) is 10.5 Å². The minimum absolute atomic E-state index is 0.124. The number of carbonyl (C=O) groups excluding carboxylic acids is 2. The molecule has 0 aromatic heterocycles. The number of ether oxygens (including phenoxy) is 1. The maximum absolute atomic E-state index is 12.9. The summed E-state index contributed by atoms with van der Waals surface area (Å²) in [6, 6.07) is 4.80. The van der Waals surface area contributed by atoms with E-state index in [1.807, 2.05) is 0 Å². The molecule has 118 valence electrons. The topological polar surface area (TPSA) is 75.9 Å². The summed E-state index contributed by atoms with van der Waals surface area (Å²) < 4.78 is 18.0. The van der Waals surface area contributed by atoms with Gasteiger partial charge in [0.05, 0.1) is 19.0 Å². The number of alkyl halides is 1. The fraction of sp³-hybridized carbons (Fsp3) is 0.467. The van der Waals surface area contributed by atoms with Gasteiger partial charge < -0.3 is 15.4 Å². The Bertz CT molecular complexity index is 622.